The summed E-state index contributed by atoms with van der Waals surface area (Å²) in [4.78, 5) is 10.4. The predicted octanol–water partition coefficient (Wildman–Crippen LogP) is 1.42. The van der Waals surface area contributed by atoms with Crippen LogP contribution in [0.25, 0.3) is 0 Å². The Bertz CT molecular complexity index is 443. The summed E-state index contributed by atoms with van der Waals surface area (Å²) < 4.78 is 7.01. The van der Waals surface area contributed by atoms with E-state index in [0.29, 0.717) is 12.3 Å². The smallest absolute Gasteiger partial charge is 0.333 e. The third-order valence-electron chi connectivity index (χ3n) is 3.08. The molecule has 2 unspecified atom stereocenters. The van der Waals surface area contributed by atoms with E-state index in [1.807, 2.05) is 6.92 Å². The third-order valence-corrected chi connectivity index (χ3v) is 3.08. The van der Waals surface area contributed by atoms with Gasteiger partial charge in [-0.15, -0.1) is 0 Å². The molecule has 2 heterocycles. The molecule has 7 nitrogen and oxygen atoms in total. The quantitative estimate of drug-likeness (QED) is 0.623. The standard InChI is InChI=1S/C10H16N4O3/c1-6-5-8(3-4-17-6)13-10(11)9(14(15)16)7(2)12-13/h6,8H,3-5,11H2,1-2H3. The molecule has 2 rings (SSSR count). The van der Waals surface area contributed by atoms with Gasteiger partial charge in [0.2, 0.25) is 5.82 Å². The van der Waals surface area contributed by atoms with Gasteiger partial charge in [0.05, 0.1) is 17.1 Å². The van der Waals surface area contributed by atoms with Crippen molar-refractivity contribution >= 4 is 11.5 Å². The van der Waals surface area contributed by atoms with Gasteiger partial charge in [-0.2, -0.15) is 5.10 Å². The zero-order valence-corrected chi connectivity index (χ0v) is 9.92. The molecule has 2 N–H and O–H groups in total. The molecule has 0 spiro atoms. The summed E-state index contributed by atoms with van der Waals surface area (Å²) in [7, 11) is 0. The van der Waals surface area contributed by atoms with E-state index in [-0.39, 0.29) is 23.7 Å². The number of nitrogen functional groups attached to an aromatic ring is 1. The Labute approximate surface area is 98.7 Å². The number of hydrogen-bond donors (Lipinski definition) is 1. The van der Waals surface area contributed by atoms with Crippen molar-refractivity contribution < 1.29 is 9.66 Å². The molecular formula is C10H16N4O3. The van der Waals surface area contributed by atoms with Crippen molar-refractivity contribution in [3.8, 4) is 0 Å². The Kier molecular flexibility index (Phi) is 3.01. The van der Waals surface area contributed by atoms with Crippen molar-refractivity contribution in [2.45, 2.75) is 38.8 Å². The van der Waals surface area contributed by atoms with Crippen LogP contribution >= 0.6 is 0 Å². The molecule has 94 valence electrons. The monoisotopic (exact) mass is 240 g/mol. The molecule has 0 bridgehead atoms. The molecule has 1 saturated heterocycles. The fourth-order valence-electron chi connectivity index (χ4n) is 2.26. The van der Waals surface area contributed by atoms with Crippen LogP contribution in [0.2, 0.25) is 0 Å². The molecule has 0 amide bonds. The van der Waals surface area contributed by atoms with Crippen LogP contribution < -0.4 is 5.73 Å². The maximum atomic E-state index is 10.9. The lowest BCUT2D eigenvalue weighted by molar-refractivity contribution is -0.384. The fourth-order valence-corrected chi connectivity index (χ4v) is 2.26. The first kappa shape index (κ1) is 11.8. The van der Waals surface area contributed by atoms with Gasteiger partial charge in [0.1, 0.15) is 5.69 Å². The Morgan fingerprint density at radius 1 is 1.65 bits per heavy atom. The van der Waals surface area contributed by atoms with E-state index in [0.717, 1.165) is 12.8 Å². The Balaban J connectivity index is 2.33. The second-order valence-electron chi connectivity index (χ2n) is 4.38. The molecule has 1 fully saturated rings. The first-order chi connectivity index (χ1) is 8.00. The summed E-state index contributed by atoms with van der Waals surface area (Å²) in [6.45, 7) is 4.22. The van der Waals surface area contributed by atoms with Crippen LogP contribution in [0.1, 0.15) is 31.5 Å². The Morgan fingerprint density at radius 2 is 2.35 bits per heavy atom. The van der Waals surface area contributed by atoms with Gasteiger partial charge in [0.25, 0.3) is 0 Å². The van der Waals surface area contributed by atoms with E-state index in [1.165, 1.54) is 0 Å². The second-order valence-corrected chi connectivity index (χ2v) is 4.38. The molecule has 0 saturated carbocycles. The molecule has 0 aliphatic carbocycles. The van der Waals surface area contributed by atoms with E-state index in [2.05, 4.69) is 5.10 Å². The zero-order chi connectivity index (χ0) is 12.6. The van der Waals surface area contributed by atoms with Gasteiger partial charge >= 0.3 is 5.69 Å². The highest BCUT2D eigenvalue weighted by molar-refractivity contribution is 5.56. The summed E-state index contributed by atoms with van der Waals surface area (Å²) in [5.41, 5.74) is 6.09. The lowest BCUT2D eigenvalue weighted by Crippen LogP contribution is -2.26. The minimum atomic E-state index is -0.475. The molecule has 1 aliphatic heterocycles. The van der Waals surface area contributed by atoms with Gasteiger partial charge in [-0.05, 0) is 26.7 Å². The first-order valence-electron chi connectivity index (χ1n) is 5.61. The summed E-state index contributed by atoms with van der Waals surface area (Å²) >= 11 is 0. The minimum absolute atomic E-state index is 0.0795. The molecule has 2 atom stereocenters. The lowest BCUT2D eigenvalue weighted by Gasteiger charge is -2.27. The summed E-state index contributed by atoms with van der Waals surface area (Å²) in [5.74, 6) is 0.145. The number of nitrogens with zero attached hydrogens (tertiary/aromatic N) is 3. The topological polar surface area (TPSA) is 96.2 Å². The Morgan fingerprint density at radius 3 is 2.88 bits per heavy atom. The minimum Gasteiger partial charge on any atom is -0.378 e. The van der Waals surface area contributed by atoms with Crippen LogP contribution in [0.5, 0.6) is 0 Å². The highest BCUT2D eigenvalue weighted by atomic mass is 16.6. The third kappa shape index (κ3) is 2.10. The number of ether oxygens (including phenoxy) is 1. The largest absolute Gasteiger partial charge is 0.378 e. The van der Waals surface area contributed by atoms with Crippen molar-refractivity contribution in [2.24, 2.45) is 0 Å². The van der Waals surface area contributed by atoms with Crippen LogP contribution in [0.15, 0.2) is 0 Å². The number of rotatable bonds is 2. The van der Waals surface area contributed by atoms with Crippen LogP contribution in [0.3, 0.4) is 0 Å². The van der Waals surface area contributed by atoms with Gasteiger partial charge in [-0.1, -0.05) is 0 Å². The summed E-state index contributed by atoms with van der Waals surface area (Å²) in [6.07, 6.45) is 1.70. The van der Waals surface area contributed by atoms with E-state index < -0.39 is 4.92 Å². The van der Waals surface area contributed by atoms with E-state index in [1.54, 1.807) is 11.6 Å². The predicted molar refractivity (Wildman–Crippen MR) is 61.7 cm³/mol. The van der Waals surface area contributed by atoms with Crippen molar-refractivity contribution in [1.82, 2.24) is 9.78 Å². The second kappa shape index (κ2) is 4.33. The highest BCUT2D eigenvalue weighted by Gasteiger charge is 2.29. The molecule has 1 aromatic heterocycles. The van der Waals surface area contributed by atoms with Crippen molar-refractivity contribution in [2.75, 3.05) is 12.3 Å². The summed E-state index contributed by atoms with van der Waals surface area (Å²) in [5, 5.41) is 15.0. The zero-order valence-electron chi connectivity index (χ0n) is 9.92. The average Bonchev–Trinajstić information content (AvgIpc) is 2.54. The van der Waals surface area contributed by atoms with Crippen LogP contribution in [-0.4, -0.2) is 27.4 Å². The Hall–Kier alpha value is -1.63. The summed E-state index contributed by atoms with van der Waals surface area (Å²) in [6, 6.07) is 0.0890. The molecule has 0 radical (unpaired) electrons. The molecular weight excluding hydrogens is 224 g/mol. The number of anilines is 1. The maximum absolute atomic E-state index is 10.9. The molecule has 1 aliphatic rings. The van der Waals surface area contributed by atoms with Crippen molar-refractivity contribution in [3.63, 3.8) is 0 Å². The van der Waals surface area contributed by atoms with Gasteiger partial charge < -0.3 is 10.5 Å². The number of nitrogens with two attached hydrogens (primary N) is 1. The van der Waals surface area contributed by atoms with E-state index in [4.69, 9.17) is 10.5 Å². The van der Waals surface area contributed by atoms with E-state index in [9.17, 15) is 10.1 Å². The maximum Gasteiger partial charge on any atom is 0.333 e. The van der Waals surface area contributed by atoms with Crippen molar-refractivity contribution in [1.29, 1.82) is 0 Å². The number of aromatic nitrogens is 2. The number of aryl methyl sites for hydroxylation is 1. The van der Waals surface area contributed by atoms with Gasteiger partial charge in [-0.3, -0.25) is 10.1 Å². The van der Waals surface area contributed by atoms with Crippen LogP contribution in [0, 0.1) is 17.0 Å². The highest BCUT2D eigenvalue weighted by Crippen LogP contribution is 2.32. The fraction of sp³-hybridized carbons (Fsp3) is 0.700. The average molecular weight is 240 g/mol. The van der Waals surface area contributed by atoms with E-state index >= 15 is 0 Å². The van der Waals surface area contributed by atoms with Gasteiger partial charge in [-0.25, -0.2) is 4.68 Å². The number of nitro groups is 1. The number of hydrogen-bond acceptors (Lipinski definition) is 5. The molecule has 17 heavy (non-hydrogen) atoms. The lowest BCUT2D eigenvalue weighted by atomic mass is 10.0. The van der Waals surface area contributed by atoms with Crippen molar-refractivity contribution in [3.05, 3.63) is 15.8 Å². The first-order valence-corrected chi connectivity index (χ1v) is 5.61. The van der Waals surface area contributed by atoms with Crippen LogP contribution in [0.4, 0.5) is 11.5 Å². The molecule has 0 aromatic carbocycles. The van der Waals surface area contributed by atoms with Gasteiger partial charge in [0, 0.05) is 6.61 Å². The SMILES string of the molecule is Cc1nn(C2CCOC(C)C2)c(N)c1[N+](=O)[O-]. The van der Waals surface area contributed by atoms with Crippen LogP contribution in [-0.2, 0) is 4.74 Å². The normalized spacial score (nSPS) is 24.8. The molecule has 1 aromatic rings. The van der Waals surface area contributed by atoms with Gasteiger partial charge in [0.15, 0.2) is 0 Å². The molecule has 7 heteroatoms.